The van der Waals surface area contributed by atoms with Crippen LogP contribution in [-0.2, 0) is 9.53 Å². The van der Waals surface area contributed by atoms with Crippen LogP contribution in [0, 0.1) is 17.8 Å². The number of carbonyl (C=O) groups excluding carboxylic acids is 1. The van der Waals surface area contributed by atoms with E-state index in [1.54, 1.807) is 20.4 Å². The molecule has 1 aromatic carbocycles. The number of piperidine rings is 1. The Morgan fingerprint density at radius 1 is 1.27 bits per heavy atom. The van der Waals surface area contributed by atoms with Crippen LogP contribution in [0.25, 0.3) is 22.6 Å². The van der Waals surface area contributed by atoms with Gasteiger partial charge in [0.2, 0.25) is 5.91 Å². The summed E-state index contributed by atoms with van der Waals surface area (Å²) in [5.74, 6) is 1.54. The molecule has 2 bridgehead atoms. The fourth-order valence-corrected chi connectivity index (χ4v) is 7.11. The number of methoxy groups -OCH3 is 2. The number of allylic oxidation sites excluding steroid dienone is 1. The number of aromatic amines is 1. The zero-order chi connectivity index (χ0) is 28.7. The van der Waals surface area contributed by atoms with Gasteiger partial charge in [-0.15, -0.1) is 0 Å². The van der Waals surface area contributed by atoms with Crippen molar-refractivity contribution in [2.24, 2.45) is 23.5 Å². The Hall–Kier alpha value is -3.18. The van der Waals surface area contributed by atoms with Crippen LogP contribution in [0.1, 0.15) is 30.7 Å². The summed E-state index contributed by atoms with van der Waals surface area (Å²) >= 11 is 6.62. The van der Waals surface area contributed by atoms with E-state index in [0.29, 0.717) is 46.8 Å². The summed E-state index contributed by atoms with van der Waals surface area (Å²) in [5, 5.41) is 14.0. The van der Waals surface area contributed by atoms with Gasteiger partial charge < -0.3 is 35.5 Å². The molecule has 5 atom stereocenters. The van der Waals surface area contributed by atoms with Gasteiger partial charge in [-0.1, -0.05) is 29.8 Å². The van der Waals surface area contributed by atoms with Crippen molar-refractivity contribution in [2.75, 3.05) is 45.8 Å². The Kier molecular flexibility index (Phi) is 7.91. The molecule has 11 heteroatoms. The number of aromatic nitrogens is 3. The highest BCUT2D eigenvalue weighted by molar-refractivity contribution is 6.34. The lowest BCUT2D eigenvalue weighted by Crippen LogP contribution is -2.41. The van der Waals surface area contributed by atoms with Crippen LogP contribution in [0.3, 0.4) is 0 Å². The Labute approximate surface area is 244 Å². The van der Waals surface area contributed by atoms with Gasteiger partial charge in [-0.05, 0) is 67.8 Å². The van der Waals surface area contributed by atoms with Gasteiger partial charge in [0.15, 0.2) is 5.65 Å². The lowest BCUT2D eigenvalue weighted by atomic mass is 9.88. The number of anilines is 1. The van der Waals surface area contributed by atoms with Crippen molar-refractivity contribution in [1.82, 2.24) is 19.9 Å². The third-order valence-corrected chi connectivity index (χ3v) is 9.22. The van der Waals surface area contributed by atoms with Crippen LogP contribution in [0.15, 0.2) is 36.5 Å². The standard InChI is InChI=1S/C30H37ClN6O4/c1-40-15-20(38)14-37-9-7-16(8-10-37)17-5-6-21(23(12-17)41-2)29-35-27-26(22(31)13-33-30(27)36-29)34-25-19-4-3-18(11-19)24(25)28(32)39/h3-6,12-13,16,18-20,24-25,38H,7-11,14-15H2,1-2H3,(H2,32,39)(H2,33,34,35,36). The lowest BCUT2D eigenvalue weighted by molar-refractivity contribution is -0.122. The van der Waals surface area contributed by atoms with E-state index in [1.165, 1.54) is 5.56 Å². The first-order valence-electron chi connectivity index (χ1n) is 14.2. The van der Waals surface area contributed by atoms with E-state index >= 15 is 0 Å². The van der Waals surface area contributed by atoms with E-state index in [1.807, 2.05) is 6.07 Å². The van der Waals surface area contributed by atoms with Crippen LogP contribution in [0.5, 0.6) is 5.75 Å². The first-order chi connectivity index (χ1) is 19.9. The Bertz CT molecular complexity index is 1450. The summed E-state index contributed by atoms with van der Waals surface area (Å²) < 4.78 is 10.9. The largest absolute Gasteiger partial charge is 0.496 e. The fourth-order valence-electron chi connectivity index (χ4n) is 6.92. The number of hydrogen-bond donors (Lipinski definition) is 4. The van der Waals surface area contributed by atoms with Crippen molar-refractivity contribution >= 4 is 34.4 Å². The number of H-pyrrole nitrogens is 1. The zero-order valence-corrected chi connectivity index (χ0v) is 24.1. The number of rotatable bonds is 10. The average molecular weight is 581 g/mol. The number of carbonyl (C=O) groups is 1. The molecule has 1 saturated carbocycles. The highest BCUT2D eigenvalue weighted by Gasteiger charge is 2.47. The number of β-amino-alcohol motifs (C(OH)–C–C–N with tert-alkyl or cyclic N) is 1. The molecule has 2 aromatic heterocycles. The minimum atomic E-state index is -0.463. The molecule has 5 N–H and O–H groups in total. The number of nitrogens with two attached hydrogens (primary N) is 1. The SMILES string of the molecule is COCC(O)CN1CCC(c2ccc(-c3nc4c(NC5C6C=CC(C6)C5C(N)=O)c(Cl)cnc4[nH]3)c(OC)c2)CC1. The summed E-state index contributed by atoms with van der Waals surface area (Å²) in [5.41, 5.74) is 9.69. The molecule has 5 unspecified atom stereocenters. The van der Waals surface area contributed by atoms with Gasteiger partial charge in [-0.2, -0.15) is 0 Å². The molecule has 2 aliphatic carbocycles. The third-order valence-electron chi connectivity index (χ3n) is 8.93. The van der Waals surface area contributed by atoms with Crippen LogP contribution >= 0.6 is 11.6 Å². The predicted molar refractivity (Wildman–Crippen MR) is 158 cm³/mol. The fraction of sp³-hybridized carbons (Fsp3) is 0.500. The number of likely N-dealkylation sites (tertiary alicyclic amines) is 1. The van der Waals surface area contributed by atoms with Gasteiger partial charge in [0.05, 0.1) is 48.2 Å². The molecule has 3 aromatic rings. The number of ether oxygens (including phenoxy) is 2. The van der Waals surface area contributed by atoms with Gasteiger partial charge in [-0.25, -0.2) is 9.97 Å². The number of primary amides is 1. The smallest absolute Gasteiger partial charge is 0.223 e. The number of imidazole rings is 1. The molecular formula is C30H37ClN6O4. The van der Waals surface area contributed by atoms with Crippen molar-refractivity contribution in [2.45, 2.75) is 37.3 Å². The number of pyridine rings is 1. The molecule has 3 aliphatic rings. The Morgan fingerprint density at radius 2 is 2.05 bits per heavy atom. The number of benzene rings is 1. The highest BCUT2D eigenvalue weighted by Crippen LogP contribution is 2.46. The van der Waals surface area contributed by atoms with Crippen molar-refractivity contribution in [1.29, 1.82) is 0 Å². The second-order valence-electron chi connectivity index (χ2n) is 11.5. The van der Waals surface area contributed by atoms with Crippen molar-refractivity contribution in [3.05, 3.63) is 47.1 Å². The number of nitrogens with zero attached hydrogens (tertiary/aromatic N) is 3. The average Bonchev–Trinajstić information content (AvgIpc) is 3.70. The van der Waals surface area contributed by atoms with E-state index in [0.717, 1.165) is 43.7 Å². The number of hydrogen-bond acceptors (Lipinski definition) is 8. The first kappa shape index (κ1) is 28.0. The van der Waals surface area contributed by atoms with Crippen LogP contribution in [0.4, 0.5) is 5.69 Å². The van der Waals surface area contributed by atoms with Crippen LogP contribution < -0.4 is 15.8 Å². The molecule has 218 valence electrons. The van der Waals surface area contributed by atoms with E-state index < -0.39 is 6.10 Å². The van der Waals surface area contributed by atoms with Gasteiger partial charge >= 0.3 is 0 Å². The Balaban J connectivity index is 1.23. The summed E-state index contributed by atoms with van der Waals surface area (Å²) in [7, 11) is 3.27. The molecule has 3 heterocycles. The maximum atomic E-state index is 12.3. The summed E-state index contributed by atoms with van der Waals surface area (Å²) in [6, 6.07) is 6.14. The van der Waals surface area contributed by atoms with Crippen molar-refractivity contribution < 1.29 is 19.4 Å². The lowest BCUT2D eigenvalue weighted by Gasteiger charge is -2.33. The number of nitrogens with one attached hydrogen (secondary N) is 2. The van der Waals surface area contributed by atoms with E-state index in [4.69, 9.17) is 31.8 Å². The highest BCUT2D eigenvalue weighted by atomic mass is 35.5. The molecule has 41 heavy (non-hydrogen) atoms. The number of aliphatic hydroxyl groups is 1. The first-order valence-corrected chi connectivity index (χ1v) is 14.6. The molecule has 1 amide bonds. The normalized spacial score (nSPS) is 25.2. The molecule has 0 spiro atoms. The van der Waals surface area contributed by atoms with Crippen LogP contribution in [-0.4, -0.2) is 83.5 Å². The maximum absolute atomic E-state index is 12.3. The molecule has 10 nitrogen and oxygen atoms in total. The monoisotopic (exact) mass is 580 g/mol. The minimum absolute atomic E-state index is 0.144. The van der Waals surface area contributed by atoms with Gasteiger partial charge in [0.1, 0.15) is 17.1 Å². The number of fused-ring (bicyclic) bond motifs is 3. The second-order valence-corrected chi connectivity index (χ2v) is 11.9. The van der Waals surface area contributed by atoms with Gasteiger partial charge in [0, 0.05) is 19.7 Å². The topological polar surface area (TPSA) is 139 Å². The molecule has 1 saturated heterocycles. The van der Waals surface area contributed by atoms with Gasteiger partial charge in [-0.3, -0.25) is 4.79 Å². The summed E-state index contributed by atoms with van der Waals surface area (Å²) in [6.45, 7) is 2.84. The second kappa shape index (κ2) is 11.6. The summed E-state index contributed by atoms with van der Waals surface area (Å²) in [4.78, 5) is 27.3. The van der Waals surface area contributed by atoms with E-state index in [9.17, 15) is 9.90 Å². The molecular weight excluding hydrogens is 544 g/mol. The van der Waals surface area contributed by atoms with Gasteiger partial charge in [0.25, 0.3) is 0 Å². The van der Waals surface area contributed by atoms with E-state index in [-0.39, 0.29) is 29.7 Å². The predicted octanol–water partition coefficient (Wildman–Crippen LogP) is 3.56. The van der Waals surface area contributed by atoms with Crippen LogP contribution in [0.2, 0.25) is 5.02 Å². The number of halogens is 1. The quantitative estimate of drug-likeness (QED) is 0.267. The number of aliphatic hydroxyl groups excluding tert-OH is 1. The molecule has 0 radical (unpaired) electrons. The molecule has 1 aliphatic heterocycles. The number of amides is 1. The molecule has 6 rings (SSSR count). The minimum Gasteiger partial charge on any atom is -0.496 e. The Morgan fingerprint density at radius 3 is 2.78 bits per heavy atom. The van der Waals surface area contributed by atoms with E-state index in [2.05, 4.69) is 44.5 Å². The third kappa shape index (κ3) is 5.41. The molecule has 2 fully saturated rings. The van der Waals surface area contributed by atoms with Crippen molar-refractivity contribution in [3.63, 3.8) is 0 Å². The zero-order valence-electron chi connectivity index (χ0n) is 23.3. The maximum Gasteiger partial charge on any atom is 0.223 e. The van der Waals surface area contributed by atoms with Crippen molar-refractivity contribution in [3.8, 4) is 17.1 Å². The summed E-state index contributed by atoms with van der Waals surface area (Å²) in [6.07, 6.45) is 8.31.